The van der Waals surface area contributed by atoms with E-state index in [9.17, 15) is 22.8 Å². The molecule has 0 saturated carbocycles. The maximum absolute atomic E-state index is 11.8. The third-order valence-corrected chi connectivity index (χ3v) is 2.62. The molecule has 0 heterocycles. The fourth-order valence-corrected chi connectivity index (χ4v) is 1.41. The Morgan fingerprint density at radius 2 is 1.79 bits per heavy atom. The Bertz CT molecular complexity index is 459. The van der Waals surface area contributed by atoms with Crippen LogP contribution in [0.2, 0.25) is 0 Å². The molecule has 4 nitrogen and oxygen atoms in total. The second-order valence-electron chi connectivity index (χ2n) is 3.47. The molecule has 0 aliphatic heterocycles. The van der Waals surface area contributed by atoms with Crippen LogP contribution in [0, 0.1) is 3.57 Å². The van der Waals surface area contributed by atoms with E-state index in [1.54, 1.807) is 17.4 Å². The Balaban J connectivity index is 2.38. The van der Waals surface area contributed by atoms with Gasteiger partial charge in [-0.05, 0) is 46.9 Å². The van der Waals surface area contributed by atoms with Gasteiger partial charge in [0.25, 0.3) is 5.91 Å². The van der Waals surface area contributed by atoms with Gasteiger partial charge >= 0.3 is 12.1 Å². The molecule has 104 valence electrons. The second-order valence-corrected chi connectivity index (χ2v) is 4.72. The van der Waals surface area contributed by atoms with Crippen LogP contribution < -0.4 is 5.32 Å². The van der Waals surface area contributed by atoms with E-state index >= 15 is 0 Å². The van der Waals surface area contributed by atoms with Gasteiger partial charge in [0.05, 0.1) is 5.56 Å². The van der Waals surface area contributed by atoms with Crippen LogP contribution >= 0.6 is 22.6 Å². The summed E-state index contributed by atoms with van der Waals surface area (Å²) < 4.78 is 40.9. The molecule has 0 aromatic heterocycles. The van der Waals surface area contributed by atoms with Crippen LogP contribution in [0.5, 0.6) is 0 Å². The topological polar surface area (TPSA) is 55.4 Å². The van der Waals surface area contributed by atoms with E-state index in [-0.39, 0.29) is 5.56 Å². The first-order valence-electron chi connectivity index (χ1n) is 5.04. The van der Waals surface area contributed by atoms with Crippen LogP contribution in [0.25, 0.3) is 0 Å². The van der Waals surface area contributed by atoms with Crippen molar-refractivity contribution in [3.63, 3.8) is 0 Å². The Morgan fingerprint density at radius 3 is 2.32 bits per heavy atom. The van der Waals surface area contributed by atoms with E-state index < -0.39 is 31.2 Å². The lowest BCUT2D eigenvalue weighted by Crippen LogP contribution is -2.36. The number of rotatable bonds is 4. The molecule has 1 amide bonds. The Morgan fingerprint density at radius 1 is 1.21 bits per heavy atom. The van der Waals surface area contributed by atoms with Crippen LogP contribution in [0.15, 0.2) is 24.3 Å². The standard InChI is InChI=1S/C11H9F3INO3/c12-11(13,14)6-16-9(17)5-19-10(18)7-1-3-8(15)4-2-7/h1-4H,5-6H2,(H,16,17). The molecule has 0 fully saturated rings. The minimum atomic E-state index is -4.49. The van der Waals surface area contributed by atoms with Crippen molar-refractivity contribution in [2.45, 2.75) is 6.18 Å². The van der Waals surface area contributed by atoms with Crippen molar-refractivity contribution in [2.75, 3.05) is 13.2 Å². The van der Waals surface area contributed by atoms with Gasteiger partial charge in [0.2, 0.25) is 0 Å². The third kappa shape index (κ3) is 6.41. The molecule has 0 saturated heterocycles. The zero-order valence-corrected chi connectivity index (χ0v) is 11.6. The maximum Gasteiger partial charge on any atom is 0.405 e. The Labute approximate surface area is 120 Å². The van der Waals surface area contributed by atoms with Crippen molar-refractivity contribution in [3.8, 4) is 0 Å². The minimum Gasteiger partial charge on any atom is -0.452 e. The van der Waals surface area contributed by atoms with Gasteiger partial charge in [-0.3, -0.25) is 4.79 Å². The van der Waals surface area contributed by atoms with Crippen LogP contribution in [0.4, 0.5) is 13.2 Å². The highest BCUT2D eigenvalue weighted by Crippen LogP contribution is 2.12. The summed E-state index contributed by atoms with van der Waals surface area (Å²) in [6, 6.07) is 6.33. The smallest absolute Gasteiger partial charge is 0.405 e. The number of ether oxygens (including phenoxy) is 1. The molecule has 0 aliphatic rings. The van der Waals surface area contributed by atoms with E-state index in [0.29, 0.717) is 0 Å². The van der Waals surface area contributed by atoms with Crippen LogP contribution in [-0.2, 0) is 9.53 Å². The van der Waals surface area contributed by atoms with Gasteiger partial charge in [-0.2, -0.15) is 13.2 Å². The average molecular weight is 387 g/mol. The lowest BCUT2D eigenvalue weighted by Gasteiger charge is -2.08. The van der Waals surface area contributed by atoms with Gasteiger partial charge in [0, 0.05) is 3.57 Å². The summed E-state index contributed by atoms with van der Waals surface area (Å²) in [5, 5.41) is 1.60. The normalized spacial score (nSPS) is 10.9. The fourth-order valence-electron chi connectivity index (χ4n) is 1.05. The van der Waals surface area contributed by atoms with Crippen LogP contribution in [0.3, 0.4) is 0 Å². The van der Waals surface area contributed by atoms with E-state index in [1.165, 1.54) is 12.1 Å². The quantitative estimate of drug-likeness (QED) is 0.637. The van der Waals surface area contributed by atoms with E-state index in [2.05, 4.69) is 4.74 Å². The number of benzene rings is 1. The number of halogens is 4. The van der Waals surface area contributed by atoms with Gasteiger partial charge in [-0.1, -0.05) is 0 Å². The maximum atomic E-state index is 11.8. The number of amides is 1. The zero-order chi connectivity index (χ0) is 14.5. The third-order valence-electron chi connectivity index (χ3n) is 1.90. The van der Waals surface area contributed by atoms with Crippen LogP contribution in [-0.4, -0.2) is 31.2 Å². The first-order valence-corrected chi connectivity index (χ1v) is 6.12. The van der Waals surface area contributed by atoms with Crippen molar-refractivity contribution in [1.82, 2.24) is 5.32 Å². The Kier molecular flexibility index (Phi) is 5.58. The first-order chi connectivity index (χ1) is 8.78. The van der Waals surface area contributed by atoms with E-state index in [1.807, 2.05) is 22.6 Å². The van der Waals surface area contributed by atoms with Gasteiger partial charge in [0.15, 0.2) is 6.61 Å². The highest BCUT2D eigenvalue weighted by atomic mass is 127. The predicted octanol–water partition coefficient (Wildman–Crippen LogP) is 2.13. The fraction of sp³-hybridized carbons (Fsp3) is 0.273. The molecule has 1 N–H and O–H groups in total. The van der Waals surface area contributed by atoms with Gasteiger partial charge in [-0.15, -0.1) is 0 Å². The molecule has 19 heavy (non-hydrogen) atoms. The van der Waals surface area contributed by atoms with Crippen molar-refractivity contribution in [1.29, 1.82) is 0 Å². The largest absolute Gasteiger partial charge is 0.452 e. The number of carbonyl (C=O) groups excluding carboxylic acids is 2. The number of carbonyl (C=O) groups is 2. The molecule has 0 aliphatic carbocycles. The molecule has 1 aromatic rings. The molecule has 0 radical (unpaired) electrons. The summed E-state index contributed by atoms with van der Waals surface area (Å²) >= 11 is 2.05. The molecular weight excluding hydrogens is 378 g/mol. The summed E-state index contributed by atoms with van der Waals surface area (Å²) in [6.45, 7) is -2.20. The predicted molar refractivity (Wildman–Crippen MR) is 68.5 cm³/mol. The minimum absolute atomic E-state index is 0.226. The van der Waals surface area contributed by atoms with Crippen molar-refractivity contribution in [3.05, 3.63) is 33.4 Å². The lowest BCUT2D eigenvalue weighted by molar-refractivity contribution is -0.140. The molecule has 0 atom stereocenters. The Hall–Kier alpha value is -1.32. The summed E-state index contributed by atoms with van der Waals surface area (Å²) in [4.78, 5) is 22.4. The number of nitrogens with one attached hydrogen (secondary N) is 1. The molecule has 1 aromatic carbocycles. The molecular formula is C11H9F3INO3. The molecule has 8 heteroatoms. The van der Waals surface area contributed by atoms with Crippen LogP contribution in [0.1, 0.15) is 10.4 Å². The number of hydrogen-bond acceptors (Lipinski definition) is 3. The highest BCUT2D eigenvalue weighted by Gasteiger charge is 2.27. The zero-order valence-electron chi connectivity index (χ0n) is 9.46. The average Bonchev–Trinajstić information content (AvgIpc) is 2.33. The number of alkyl halides is 3. The van der Waals surface area contributed by atoms with Crippen molar-refractivity contribution >= 4 is 34.5 Å². The van der Waals surface area contributed by atoms with Gasteiger partial charge in [-0.25, -0.2) is 4.79 Å². The lowest BCUT2D eigenvalue weighted by atomic mass is 10.2. The number of hydrogen-bond donors (Lipinski definition) is 1. The molecule has 0 unspecified atom stereocenters. The molecule has 0 bridgehead atoms. The van der Waals surface area contributed by atoms with E-state index in [4.69, 9.17) is 0 Å². The molecule has 1 rings (SSSR count). The van der Waals surface area contributed by atoms with E-state index in [0.717, 1.165) is 3.57 Å². The summed E-state index contributed by atoms with van der Waals surface area (Å²) in [6.07, 6.45) is -4.49. The molecule has 0 spiro atoms. The summed E-state index contributed by atoms with van der Waals surface area (Å²) in [5.41, 5.74) is 0.226. The van der Waals surface area contributed by atoms with Crippen molar-refractivity contribution in [2.24, 2.45) is 0 Å². The number of esters is 1. The summed E-state index contributed by atoms with van der Waals surface area (Å²) in [7, 11) is 0. The highest BCUT2D eigenvalue weighted by molar-refractivity contribution is 14.1. The summed E-state index contributed by atoms with van der Waals surface area (Å²) in [5.74, 6) is -1.77. The van der Waals surface area contributed by atoms with Gasteiger partial charge < -0.3 is 10.1 Å². The van der Waals surface area contributed by atoms with Crippen molar-refractivity contribution < 1.29 is 27.5 Å². The first kappa shape index (κ1) is 15.7. The monoisotopic (exact) mass is 387 g/mol. The SMILES string of the molecule is O=C(COC(=O)c1ccc(I)cc1)NCC(F)(F)F. The second kappa shape index (κ2) is 6.73. The van der Waals surface area contributed by atoms with Gasteiger partial charge in [0.1, 0.15) is 6.54 Å².